The molecule has 0 heterocycles. The molecule has 0 radical (unpaired) electrons. The first-order valence-electron chi connectivity index (χ1n) is 44.0. The van der Waals surface area contributed by atoms with Gasteiger partial charge in [0, 0.05) is 25.7 Å². The van der Waals surface area contributed by atoms with E-state index in [1.807, 2.05) is 0 Å². The summed E-state index contributed by atoms with van der Waals surface area (Å²) in [5, 5.41) is 10.7. The van der Waals surface area contributed by atoms with Gasteiger partial charge in [0.2, 0.25) is 0 Å². The van der Waals surface area contributed by atoms with Gasteiger partial charge in [0.1, 0.15) is 19.3 Å². The van der Waals surface area contributed by atoms with Crippen molar-refractivity contribution in [1.82, 2.24) is 0 Å². The lowest BCUT2D eigenvalue weighted by atomic mass is 10.0. The van der Waals surface area contributed by atoms with Crippen LogP contribution in [0.15, 0.2) is 0 Å². The molecule has 0 aliphatic heterocycles. The van der Waals surface area contributed by atoms with Gasteiger partial charge < -0.3 is 33.8 Å². The number of hydrogen-bond acceptors (Lipinski definition) is 15. The number of ether oxygens (including phenoxy) is 4. The highest BCUT2D eigenvalue weighted by atomic mass is 31.2. The van der Waals surface area contributed by atoms with Crippen LogP contribution in [0.1, 0.15) is 452 Å². The predicted octanol–water partition coefficient (Wildman–Crippen LogP) is 25.8. The molecule has 0 saturated heterocycles. The minimum atomic E-state index is -4.97. The molecule has 3 N–H and O–H groups in total. The number of esters is 4. The van der Waals surface area contributed by atoms with E-state index in [4.69, 9.17) is 37.0 Å². The fourth-order valence-corrected chi connectivity index (χ4v) is 14.8. The molecule has 0 aliphatic carbocycles. The van der Waals surface area contributed by atoms with Crippen molar-refractivity contribution in [2.75, 3.05) is 39.6 Å². The Balaban J connectivity index is 5.26. The maximum atomic E-state index is 13.1. The summed E-state index contributed by atoms with van der Waals surface area (Å²) in [4.78, 5) is 73.2. The second kappa shape index (κ2) is 76.4. The number of rotatable bonds is 84. The van der Waals surface area contributed by atoms with Crippen LogP contribution >= 0.6 is 15.6 Å². The Hall–Kier alpha value is -1.94. The lowest BCUT2D eigenvalue weighted by Gasteiger charge is -2.21. The Morgan fingerprint density at radius 1 is 0.260 bits per heavy atom. The first-order valence-corrected chi connectivity index (χ1v) is 47.0. The highest BCUT2D eigenvalue weighted by molar-refractivity contribution is 7.47. The molecule has 0 aromatic heterocycles. The van der Waals surface area contributed by atoms with Gasteiger partial charge in [0.05, 0.1) is 26.4 Å². The van der Waals surface area contributed by atoms with Crippen molar-refractivity contribution in [1.29, 1.82) is 0 Å². The molecule has 19 heteroatoms. The van der Waals surface area contributed by atoms with E-state index in [0.29, 0.717) is 25.7 Å². The second-order valence-electron chi connectivity index (χ2n) is 31.5. The van der Waals surface area contributed by atoms with E-state index in [-0.39, 0.29) is 25.7 Å². The van der Waals surface area contributed by atoms with Crippen LogP contribution in [-0.2, 0) is 65.4 Å². The summed E-state index contributed by atoms with van der Waals surface area (Å²) >= 11 is 0. The molecule has 2 unspecified atom stereocenters. The van der Waals surface area contributed by atoms with Crippen LogP contribution in [0.4, 0.5) is 0 Å². The number of aliphatic hydroxyl groups excluding tert-OH is 1. The standard InChI is InChI=1S/C85H166O17P2/c1-7-9-11-13-15-17-19-21-22-23-24-25-28-32-39-45-51-57-63-69-84(89)101-81(74-96-83(88)68-62-56-50-44-38-31-29-26-27-30-35-41-47-53-59-65-77(3)4)76-100-104(93,94)98-72-79(86)71-97-103(91,92)99-75-80(73-95-82(87)67-61-55-49-43-37-20-18-16-14-12-10-8-2)102-85(90)70-64-58-52-46-40-34-33-36-42-48-54-60-66-78(5)6/h77-81,86H,7-76H2,1-6H3,(H,91,92)(H,93,94)/t79-,80+,81+/m0/s1. The summed E-state index contributed by atoms with van der Waals surface area (Å²) < 4.78 is 68.9. The Morgan fingerprint density at radius 3 is 0.654 bits per heavy atom. The molecule has 0 rings (SSSR count). The number of carbonyl (C=O) groups excluding carboxylic acids is 4. The molecule has 0 amide bonds. The van der Waals surface area contributed by atoms with Gasteiger partial charge in [0.25, 0.3) is 0 Å². The van der Waals surface area contributed by atoms with Crippen molar-refractivity contribution < 1.29 is 80.2 Å². The third kappa shape index (κ3) is 78.2. The number of unbranched alkanes of at least 4 members (excludes halogenated alkanes) is 54. The van der Waals surface area contributed by atoms with E-state index in [1.165, 1.54) is 270 Å². The lowest BCUT2D eigenvalue weighted by molar-refractivity contribution is -0.161. The number of carbonyl (C=O) groups is 4. The van der Waals surface area contributed by atoms with E-state index >= 15 is 0 Å². The molecule has 0 aromatic carbocycles. The minimum absolute atomic E-state index is 0.108. The van der Waals surface area contributed by atoms with E-state index in [1.54, 1.807) is 0 Å². The van der Waals surface area contributed by atoms with Crippen LogP contribution in [0.25, 0.3) is 0 Å². The number of hydrogen-bond donors (Lipinski definition) is 3. The Bertz CT molecular complexity index is 1990. The summed E-state index contributed by atoms with van der Waals surface area (Å²) in [5.41, 5.74) is 0. The van der Waals surface area contributed by atoms with Crippen molar-refractivity contribution in [2.45, 2.75) is 471 Å². The first-order chi connectivity index (χ1) is 50.4. The molecule has 0 aliphatic rings. The maximum Gasteiger partial charge on any atom is 0.472 e. The van der Waals surface area contributed by atoms with E-state index in [0.717, 1.165) is 102 Å². The van der Waals surface area contributed by atoms with Gasteiger partial charge in [-0.3, -0.25) is 37.3 Å². The highest BCUT2D eigenvalue weighted by Gasteiger charge is 2.30. The monoisotopic (exact) mass is 1520 g/mol. The third-order valence-corrected chi connectivity index (χ3v) is 21.9. The van der Waals surface area contributed by atoms with Crippen molar-refractivity contribution in [3.8, 4) is 0 Å². The summed E-state index contributed by atoms with van der Waals surface area (Å²) in [5.74, 6) is -0.518. The first kappa shape index (κ1) is 102. The third-order valence-electron chi connectivity index (χ3n) is 20.0. The van der Waals surface area contributed by atoms with Crippen molar-refractivity contribution in [3.05, 3.63) is 0 Å². The average Bonchev–Trinajstić information content (AvgIpc) is 0.906. The van der Waals surface area contributed by atoms with Crippen LogP contribution < -0.4 is 0 Å². The van der Waals surface area contributed by atoms with Gasteiger partial charge >= 0.3 is 39.5 Å². The topological polar surface area (TPSA) is 237 Å². The minimum Gasteiger partial charge on any atom is -0.462 e. The molecule has 0 bridgehead atoms. The van der Waals surface area contributed by atoms with Gasteiger partial charge in [-0.15, -0.1) is 0 Å². The van der Waals surface area contributed by atoms with E-state index in [9.17, 15) is 43.2 Å². The van der Waals surface area contributed by atoms with Gasteiger partial charge in [0.15, 0.2) is 12.2 Å². The fourth-order valence-electron chi connectivity index (χ4n) is 13.2. The molecule has 0 spiro atoms. The van der Waals surface area contributed by atoms with Crippen molar-refractivity contribution >= 4 is 39.5 Å². The quantitative estimate of drug-likeness (QED) is 0.0222. The summed E-state index contributed by atoms with van der Waals surface area (Å²) in [6, 6.07) is 0. The Kier molecular flexibility index (Phi) is 75.0. The van der Waals surface area contributed by atoms with Crippen LogP contribution in [0.5, 0.6) is 0 Å². The molecular formula is C85H166O17P2. The number of phosphoric ester groups is 2. The molecule has 0 saturated carbocycles. The Labute approximate surface area is 638 Å². The summed E-state index contributed by atoms with van der Waals surface area (Å²) in [6.45, 7) is 9.71. The summed E-state index contributed by atoms with van der Waals surface area (Å²) in [6.07, 6.45) is 67.9. The Morgan fingerprint density at radius 2 is 0.442 bits per heavy atom. The number of aliphatic hydroxyl groups is 1. The molecule has 0 aromatic rings. The largest absolute Gasteiger partial charge is 0.472 e. The zero-order chi connectivity index (χ0) is 76.4. The molecule has 5 atom stereocenters. The molecule has 104 heavy (non-hydrogen) atoms. The van der Waals surface area contributed by atoms with Crippen molar-refractivity contribution in [3.63, 3.8) is 0 Å². The lowest BCUT2D eigenvalue weighted by Crippen LogP contribution is -2.30. The summed E-state index contributed by atoms with van der Waals surface area (Å²) in [7, 11) is -9.93. The van der Waals surface area contributed by atoms with Gasteiger partial charge in [-0.25, -0.2) is 9.13 Å². The zero-order valence-corrected chi connectivity index (χ0v) is 70.1. The molecule has 618 valence electrons. The maximum absolute atomic E-state index is 13.1. The van der Waals surface area contributed by atoms with Crippen LogP contribution in [0, 0.1) is 11.8 Å². The van der Waals surface area contributed by atoms with Crippen LogP contribution in [0.2, 0.25) is 0 Å². The fraction of sp³-hybridized carbons (Fsp3) is 0.953. The average molecular weight is 1520 g/mol. The van der Waals surface area contributed by atoms with Crippen LogP contribution in [0.3, 0.4) is 0 Å². The molecule has 17 nitrogen and oxygen atoms in total. The van der Waals surface area contributed by atoms with Crippen molar-refractivity contribution in [2.24, 2.45) is 11.8 Å². The normalized spacial score (nSPS) is 13.8. The zero-order valence-electron chi connectivity index (χ0n) is 68.3. The molecule has 0 fully saturated rings. The van der Waals surface area contributed by atoms with Gasteiger partial charge in [-0.2, -0.15) is 0 Å². The SMILES string of the molecule is CCCCCCCCCCCCCCCCCCCCCC(=O)O[C@H](COC(=O)CCCCCCCCCCCCCCCCCC(C)C)COP(=O)(O)OC[C@@H](O)COP(=O)(O)OC[C@@H](COC(=O)CCCCCCCCCCCCCC)OC(=O)CCCCCCCCCCCCCCC(C)C. The second-order valence-corrected chi connectivity index (χ2v) is 34.4. The predicted molar refractivity (Wildman–Crippen MR) is 428 cm³/mol. The molecular weight excluding hydrogens is 1350 g/mol. The smallest absolute Gasteiger partial charge is 0.462 e. The highest BCUT2D eigenvalue weighted by Crippen LogP contribution is 2.45. The van der Waals surface area contributed by atoms with E-state index in [2.05, 4.69) is 41.5 Å². The van der Waals surface area contributed by atoms with E-state index < -0.39 is 97.5 Å². The van der Waals surface area contributed by atoms with Gasteiger partial charge in [-0.05, 0) is 37.5 Å². The van der Waals surface area contributed by atoms with Gasteiger partial charge in [-0.1, -0.05) is 401 Å². The van der Waals surface area contributed by atoms with Crippen LogP contribution in [-0.4, -0.2) is 96.7 Å². The number of phosphoric acid groups is 2.